The first-order valence-electron chi connectivity index (χ1n) is 6.79. The zero-order valence-electron chi connectivity index (χ0n) is 11.6. The molecule has 3 rings (SSSR count). The van der Waals surface area contributed by atoms with Crippen LogP contribution in [0, 0.1) is 0 Å². The maximum Gasteiger partial charge on any atom is 0.306 e. The van der Waals surface area contributed by atoms with Crippen molar-refractivity contribution in [2.24, 2.45) is 0 Å². The topological polar surface area (TPSA) is 83.9 Å². The molecule has 1 aromatic heterocycles. The Balaban J connectivity index is 1.86. The molecular formula is C14H15NO5S2. The second-order valence-corrected chi connectivity index (χ2v) is 8.31. The standard InChI is InChI=1S/C14H15NO5S2/c16-13(17)8-11-9-15(5-6-20-11)22(18,19)14-7-10-3-1-2-4-12(10)21-14/h1-4,7,11H,5-6,8-9H2,(H,16,17). The van der Waals surface area contributed by atoms with Gasteiger partial charge >= 0.3 is 5.97 Å². The molecule has 6 nitrogen and oxygen atoms in total. The number of hydrogen-bond acceptors (Lipinski definition) is 5. The largest absolute Gasteiger partial charge is 0.481 e. The maximum absolute atomic E-state index is 12.7. The molecule has 8 heteroatoms. The first-order valence-corrected chi connectivity index (χ1v) is 9.04. The summed E-state index contributed by atoms with van der Waals surface area (Å²) in [7, 11) is -3.61. The second-order valence-electron chi connectivity index (χ2n) is 5.06. The highest BCUT2D eigenvalue weighted by atomic mass is 32.2. The van der Waals surface area contributed by atoms with E-state index in [9.17, 15) is 13.2 Å². The smallest absolute Gasteiger partial charge is 0.306 e. The van der Waals surface area contributed by atoms with Gasteiger partial charge in [0, 0.05) is 17.8 Å². The highest BCUT2D eigenvalue weighted by Crippen LogP contribution is 2.31. The minimum absolute atomic E-state index is 0.0723. The number of carboxylic acids is 1. The van der Waals surface area contributed by atoms with Gasteiger partial charge in [0.25, 0.3) is 10.0 Å². The third-order valence-electron chi connectivity index (χ3n) is 3.50. The number of ether oxygens (including phenoxy) is 1. The Morgan fingerprint density at radius 2 is 2.18 bits per heavy atom. The van der Waals surface area contributed by atoms with Crippen molar-refractivity contribution < 1.29 is 23.1 Å². The Bertz CT molecular complexity index is 765. The van der Waals surface area contributed by atoms with Crippen LogP contribution in [0.5, 0.6) is 0 Å². The van der Waals surface area contributed by atoms with Gasteiger partial charge in [0.15, 0.2) is 0 Å². The minimum Gasteiger partial charge on any atom is -0.481 e. The fourth-order valence-corrected chi connectivity index (χ4v) is 5.45. The van der Waals surface area contributed by atoms with Gasteiger partial charge in [0.1, 0.15) is 4.21 Å². The van der Waals surface area contributed by atoms with E-state index >= 15 is 0 Å². The summed E-state index contributed by atoms with van der Waals surface area (Å²) >= 11 is 1.23. The number of carbonyl (C=O) groups is 1. The number of thiophene rings is 1. The van der Waals surface area contributed by atoms with Gasteiger partial charge in [-0.05, 0) is 17.5 Å². The quantitative estimate of drug-likeness (QED) is 0.916. The Morgan fingerprint density at radius 3 is 2.91 bits per heavy atom. The maximum atomic E-state index is 12.7. The first-order chi connectivity index (χ1) is 10.5. The van der Waals surface area contributed by atoms with Crippen LogP contribution in [0.4, 0.5) is 0 Å². The van der Waals surface area contributed by atoms with Crippen molar-refractivity contribution in [2.45, 2.75) is 16.7 Å². The zero-order chi connectivity index (χ0) is 15.7. The molecule has 1 aliphatic heterocycles. The lowest BCUT2D eigenvalue weighted by Gasteiger charge is -2.31. The highest BCUT2D eigenvalue weighted by Gasteiger charge is 2.32. The molecule has 1 N–H and O–H groups in total. The fourth-order valence-electron chi connectivity index (χ4n) is 2.44. The van der Waals surface area contributed by atoms with Crippen molar-refractivity contribution in [3.63, 3.8) is 0 Å². The molecule has 2 aromatic rings. The molecule has 118 valence electrons. The summed E-state index contributed by atoms with van der Waals surface area (Å²) < 4.78 is 33.3. The molecule has 1 atom stereocenters. The number of carboxylic acid groups (broad SMARTS) is 1. The van der Waals surface area contributed by atoms with E-state index in [0.29, 0.717) is 0 Å². The van der Waals surface area contributed by atoms with Gasteiger partial charge in [0.05, 0.1) is 19.1 Å². The Morgan fingerprint density at radius 1 is 1.41 bits per heavy atom. The molecular weight excluding hydrogens is 326 g/mol. The number of morpholine rings is 1. The SMILES string of the molecule is O=C(O)CC1CN(S(=O)(=O)c2cc3ccccc3s2)CCO1. The van der Waals surface area contributed by atoms with Gasteiger partial charge in [-0.1, -0.05) is 18.2 Å². The van der Waals surface area contributed by atoms with E-state index in [2.05, 4.69) is 0 Å². The van der Waals surface area contributed by atoms with Crippen LogP contribution in [-0.2, 0) is 19.6 Å². The van der Waals surface area contributed by atoms with Crippen molar-refractivity contribution in [1.82, 2.24) is 4.31 Å². The number of benzene rings is 1. The third-order valence-corrected chi connectivity index (χ3v) is 6.93. The zero-order valence-corrected chi connectivity index (χ0v) is 13.3. The lowest BCUT2D eigenvalue weighted by molar-refractivity contribution is -0.141. The highest BCUT2D eigenvalue weighted by molar-refractivity contribution is 7.91. The molecule has 0 saturated carbocycles. The number of nitrogens with zero attached hydrogens (tertiary/aromatic N) is 1. The molecule has 1 aliphatic rings. The summed E-state index contributed by atoms with van der Waals surface area (Å²) in [5, 5.41) is 9.71. The fraction of sp³-hybridized carbons (Fsp3) is 0.357. The van der Waals surface area contributed by atoms with Crippen LogP contribution >= 0.6 is 11.3 Å². The van der Waals surface area contributed by atoms with E-state index in [1.54, 1.807) is 6.07 Å². The van der Waals surface area contributed by atoms with Crippen LogP contribution in [0.3, 0.4) is 0 Å². The summed E-state index contributed by atoms with van der Waals surface area (Å²) in [5.74, 6) is -0.994. The molecule has 0 radical (unpaired) electrons. The summed E-state index contributed by atoms with van der Waals surface area (Å²) in [6.45, 7) is 0.525. The van der Waals surface area contributed by atoms with Crippen LogP contribution in [0.2, 0.25) is 0 Å². The molecule has 1 fully saturated rings. The average molecular weight is 341 g/mol. The Kier molecular flexibility index (Phi) is 4.18. The van der Waals surface area contributed by atoms with Crippen LogP contribution in [0.1, 0.15) is 6.42 Å². The monoisotopic (exact) mass is 341 g/mol. The van der Waals surface area contributed by atoms with Crippen LogP contribution < -0.4 is 0 Å². The predicted octanol–water partition coefficient (Wildman–Crippen LogP) is 1.77. The summed E-state index contributed by atoms with van der Waals surface area (Å²) in [6.07, 6.45) is -0.797. The normalized spacial score (nSPS) is 20.3. The van der Waals surface area contributed by atoms with E-state index in [4.69, 9.17) is 9.84 Å². The first kappa shape index (κ1) is 15.4. The second kappa shape index (κ2) is 5.96. The van der Waals surface area contributed by atoms with Crippen molar-refractivity contribution in [3.05, 3.63) is 30.3 Å². The molecule has 1 unspecified atom stereocenters. The predicted molar refractivity (Wildman–Crippen MR) is 82.6 cm³/mol. The summed E-state index contributed by atoms with van der Waals surface area (Å²) in [6, 6.07) is 9.15. The van der Waals surface area contributed by atoms with E-state index in [0.717, 1.165) is 10.1 Å². The van der Waals surface area contributed by atoms with Gasteiger partial charge < -0.3 is 9.84 Å². The number of fused-ring (bicyclic) bond motifs is 1. The van der Waals surface area contributed by atoms with E-state index in [-0.39, 0.29) is 30.3 Å². The van der Waals surface area contributed by atoms with Gasteiger partial charge in [-0.15, -0.1) is 11.3 Å². The molecule has 1 saturated heterocycles. The summed E-state index contributed by atoms with van der Waals surface area (Å²) in [5.41, 5.74) is 0. The number of hydrogen-bond donors (Lipinski definition) is 1. The Hall–Kier alpha value is -1.48. The molecule has 22 heavy (non-hydrogen) atoms. The minimum atomic E-state index is -3.61. The third kappa shape index (κ3) is 3.00. The number of rotatable bonds is 4. The molecule has 0 bridgehead atoms. The Labute approximate surface area is 132 Å². The molecule has 0 aliphatic carbocycles. The van der Waals surface area contributed by atoms with Crippen LogP contribution in [0.25, 0.3) is 10.1 Å². The van der Waals surface area contributed by atoms with Crippen molar-refractivity contribution >= 4 is 37.4 Å². The lowest BCUT2D eigenvalue weighted by atomic mass is 10.2. The lowest BCUT2D eigenvalue weighted by Crippen LogP contribution is -2.45. The van der Waals surface area contributed by atoms with Crippen molar-refractivity contribution in [1.29, 1.82) is 0 Å². The van der Waals surface area contributed by atoms with Crippen LogP contribution in [-0.4, -0.2) is 49.6 Å². The molecule has 2 heterocycles. The van der Waals surface area contributed by atoms with Gasteiger partial charge in [-0.3, -0.25) is 4.79 Å². The van der Waals surface area contributed by atoms with E-state index < -0.39 is 22.1 Å². The number of aliphatic carboxylic acids is 1. The molecule has 0 spiro atoms. The van der Waals surface area contributed by atoms with Crippen LogP contribution in [0.15, 0.2) is 34.5 Å². The number of sulfonamides is 1. The summed E-state index contributed by atoms with van der Waals surface area (Å²) in [4.78, 5) is 10.8. The van der Waals surface area contributed by atoms with Gasteiger partial charge in [-0.25, -0.2) is 8.42 Å². The van der Waals surface area contributed by atoms with E-state index in [1.807, 2.05) is 24.3 Å². The molecule has 1 aromatic carbocycles. The average Bonchev–Trinajstić information content (AvgIpc) is 2.91. The van der Waals surface area contributed by atoms with Gasteiger partial charge in [-0.2, -0.15) is 4.31 Å². The van der Waals surface area contributed by atoms with Gasteiger partial charge in [0.2, 0.25) is 0 Å². The van der Waals surface area contributed by atoms with E-state index in [1.165, 1.54) is 15.6 Å². The van der Waals surface area contributed by atoms with Crippen molar-refractivity contribution in [3.8, 4) is 0 Å². The molecule has 0 amide bonds. The van der Waals surface area contributed by atoms with Crippen molar-refractivity contribution in [2.75, 3.05) is 19.7 Å².